The van der Waals surface area contributed by atoms with Crippen LogP contribution in [0.2, 0.25) is 0 Å². The molecule has 2 aliphatic carbocycles. The highest BCUT2D eigenvalue weighted by molar-refractivity contribution is 5.94. The number of hydrogen-bond donors (Lipinski definition) is 2. The average molecular weight is 272 g/mol. The second-order valence-corrected chi connectivity index (χ2v) is 6.71. The fourth-order valence-electron chi connectivity index (χ4n) is 4.01. The zero-order chi connectivity index (χ0) is 14.3. The number of rotatable bonds is 3. The van der Waals surface area contributed by atoms with Crippen molar-refractivity contribution < 1.29 is 4.79 Å². The van der Waals surface area contributed by atoms with Gasteiger partial charge in [0.05, 0.1) is 11.4 Å². The fourth-order valence-corrected chi connectivity index (χ4v) is 4.01. The molecule has 20 heavy (non-hydrogen) atoms. The van der Waals surface area contributed by atoms with Crippen molar-refractivity contribution in [2.75, 3.05) is 11.1 Å². The van der Waals surface area contributed by atoms with Crippen molar-refractivity contribution in [3.05, 3.63) is 23.3 Å². The first kappa shape index (κ1) is 13.5. The van der Waals surface area contributed by atoms with Gasteiger partial charge in [-0.1, -0.05) is 6.42 Å². The third kappa shape index (κ3) is 2.54. The van der Waals surface area contributed by atoms with Crippen LogP contribution in [-0.2, 0) is 4.79 Å². The Kier molecular flexibility index (Phi) is 3.45. The normalized spacial score (nSPS) is 27.8. The molecule has 3 unspecified atom stereocenters. The number of hydrogen-bond acceptors (Lipinski definition) is 2. The smallest absolute Gasteiger partial charge is 0.224 e. The maximum atomic E-state index is 12.2. The number of benzene rings is 1. The van der Waals surface area contributed by atoms with Crippen LogP contribution in [0.3, 0.4) is 0 Å². The molecule has 3 heteroatoms. The molecule has 1 amide bonds. The summed E-state index contributed by atoms with van der Waals surface area (Å²) in [6, 6.07) is 3.91. The van der Waals surface area contributed by atoms with E-state index in [0.717, 1.165) is 28.7 Å². The number of carbonyl (C=O) groups is 1. The second kappa shape index (κ2) is 5.12. The minimum absolute atomic E-state index is 0.123. The van der Waals surface area contributed by atoms with Crippen LogP contribution in [0, 0.1) is 31.6 Å². The highest BCUT2D eigenvalue weighted by Crippen LogP contribution is 2.49. The Hall–Kier alpha value is -1.51. The van der Waals surface area contributed by atoms with Gasteiger partial charge in [0.15, 0.2) is 0 Å². The lowest BCUT2D eigenvalue weighted by atomic mass is 9.86. The molecule has 3 rings (SSSR count). The van der Waals surface area contributed by atoms with E-state index in [4.69, 9.17) is 5.73 Å². The first-order valence-corrected chi connectivity index (χ1v) is 7.69. The zero-order valence-corrected chi connectivity index (χ0v) is 12.4. The first-order valence-electron chi connectivity index (χ1n) is 7.69. The van der Waals surface area contributed by atoms with E-state index in [9.17, 15) is 4.79 Å². The molecule has 0 aromatic heterocycles. The van der Waals surface area contributed by atoms with Crippen molar-refractivity contribution in [3.63, 3.8) is 0 Å². The zero-order valence-electron chi connectivity index (χ0n) is 12.4. The summed E-state index contributed by atoms with van der Waals surface area (Å²) >= 11 is 0. The predicted molar refractivity (Wildman–Crippen MR) is 82.5 cm³/mol. The summed E-state index contributed by atoms with van der Waals surface area (Å²) < 4.78 is 0. The van der Waals surface area contributed by atoms with Crippen LogP contribution in [0.4, 0.5) is 11.4 Å². The number of aryl methyl sites for hydroxylation is 2. The van der Waals surface area contributed by atoms with Crippen molar-refractivity contribution in [2.45, 2.75) is 46.0 Å². The van der Waals surface area contributed by atoms with Gasteiger partial charge in [0, 0.05) is 6.42 Å². The Bertz CT molecular complexity index is 538. The maximum absolute atomic E-state index is 12.2. The van der Waals surface area contributed by atoms with Gasteiger partial charge in [-0.15, -0.1) is 0 Å². The fraction of sp³-hybridized carbons (Fsp3) is 0.588. The third-order valence-corrected chi connectivity index (χ3v) is 5.27. The van der Waals surface area contributed by atoms with Crippen molar-refractivity contribution in [3.8, 4) is 0 Å². The van der Waals surface area contributed by atoms with Gasteiger partial charge in [0.25, 0.3) is 0 Å². The van der Waals surface area contributed by atoms with E-state index in [0.29, 0.717) is 18.0 Å². The monoisotopic (exact) mass is 272 g/mol. The van der Waals surface area contributed by atoms with Crippen molar-refractivity contribution in [1.29, 1.82) is 0 Å². The molecule has 1 aromatic carbocycles. The number of carbonyl (C=O) groups excluding carboxylic acids is 1. The van der Waals surface area contributed by atoms with Crippen LogP contribution in [0.1, 0.15) is 43.2 Å². The molecule has 3 N–H and O–H groups in total. The standard InChI is InChI=1S/C17H24N2O/c1-10-5-15(18)16(6-11(10)2)19-17(20)9-14-8-12-3-4-13(14)7-12/h5-6,12-14H,3-4,7-9,18H2,1-2H3,(H,19,20). The van der Waals surface area contributed by atoms with E-state index in [1.165, 1.54) is 25.7 Å². The van der Waals surface area contributed by atoms with Gasteiger partial charge < -0.3 is 11.1 Å². The molecule has 3 atom stereocenters. The number of fused-ring (bicyclic) bond motifs is 2. The van der Waals surface area contributed by atoms with Crippen molar-refractivity contribution in [2.24, 2.45) is 17.8 Å². The molecule has 2 bridgehead atoms. The Labute approximate surface area is 120 Å². The predicted octanol–water partition coefficient (Wildman–Crippen LogP) is 3.65. The minimum Gasteiger partial charge on any atom is -0.397 e. The first-order chi connectivity index (χ1) is 9.52. The summed E-state index contributed by atoms with van der Waals surface area (Å²) in [6.45, 7) is 4.08. The van der Waals surface area contributed by atoms with Gasteiger partial charge >= 0.3 is 0 Å². The summed E-state index contributed by atoms with van der Waals surface area (Å²) in [5, 5.41) is 3.00. The van der Waals surface area contributed by atoms with E-state index in [-0.39, 0.29) is 5.91 Å². The lowest BCUT2D eigenvalue weighted by Crippen LogP contribution is -2.20. The molecule has 0 aliphatic heterocycles. The Balaban J connectivity index is 1.63. The van der Waals surface area contributed by atoms with E-state index in [1.54, 1.807) is 0 Å². The minimum atomic E-state index is 0.123. The van der Waals surface area contributed by atoms with Crippen LogP contribution in [0.5, 0.6) is 0 Å². The third-order valence-electron chi connectivity index (χ3n) is 5.27. The number of amides is 1. The van der Waals surface area contributed by atoms with Crippen molar-refractivity contribution in [1.82, 2.24) is 0 Å². The lowest BCUT2D eigenvalue weighted by Gasteiger charge is -2.21. The molecule has 0 radical (unpaired) electrons. The maximum Gasteiger partial charge on any atom is 0.224 e. The Morgan fingerprint density at radius 1 is 1.25 bits per heavy atom. The summed E-state index contributed by atoms with van der Waals surface area (Å²) in [4.78, 5) is 12.2. The summed E-state index contributed by atoms with van der Waals surface area (Å²) in [5.41, 5.74) is 9.74. The topological polar surface area (TPSA) is 55.1 Å². The van der Waals surface area contributed by atoms with E-state index in [1.807, 2.05) is 26.0 Å². The summed E-state index contributed by atoms with van der Waals surface area (Å²) in [7, 11) is 0. The van der Waals surface area contributed by atoms with Crippen LogP contribution in [-0.4, -0.2) is 5.91 Å². The lowest BCUT2D eigenvalue weighted by molar-refractivity contribution is -0.117. The quantitative estimate of drug-likeness (QED) is 0.825. The Morgan fingerprint density at radius 2 is 2.00 bits per heavy atom. The highest BCUT2D eigenvalue weighted by Gasteiger charge is 2.40. The number of nitrogens with two attached hydrogens (primary N) is 1. The van der Waals surface area contributed by atoms with Crippen molar-refractivity contribution >= 4 is 17.3 Å². The van der Waals surface area contributed by atoms with E-state index < -0.39 is 0 Å². The van der Waals surface area contributed by atoms with E-state index >= 15 is 0 Å². The molecule has 0 spiro atoms. The molecule has 2 aliphatic rings. The summed E-state index contributed by atoms with van der Waals surface area (Å²) in [6.07, 6.45) is 5.97. The van der Waals surface area contributed by atoms with Gasteiger partial charge in [-0.05, 0) is 74.1 Å². The molecule has 1 aromatic rings. The highest BCUT2D eigenvalue weighted by atomic mass is 16.1. The molecular formula is C17H24N2O. The molecule has 0 heterocycles. The molecule has 2 saturated carbocycles. The second-order valence-electron chi connectivity index (χ2n) is 6.71. The van der Waals surface area contributed by atoms with Gasteiger partial charge in [-0.3, -0.25) is 4.79 Å². The Morgan fingerprint density at radius 3 is 2.65 bits per heavy atom. The number of anilines is 2. The van der Waals surface area contributed by atoms with Gasteiger partial charge in [-0.2, -0.15) is 0 Å². The molecule has 108 valence electrons. The van der Waals surface area contributed by atoms with Crippen LogP contribution in [0.15, 0.2) is 12.1 Å². The summed E-state index contributed by atoms with van der Waals surface area (Å²) in [5.74, 6) is 2.41. The van der Waals surface area contributed by atoms with Crippen LogP contribution >= 0.6 is 0 Å². The molecule has 0 saturated heterocycles. The van der Waals surface area contributed by atoms with Gasteiger partial charge in [-0.25, -0.2) is 0 Å². The van der Waals surface area contributed by atoms with Gasteiger partial charge in [0.1, 0.15) is 0 Å². The molecule has 3 nitrogen and oxygen atoms in total. The molecular weight excluding hydrogens is 248 g/mol. The number of nitrogens with one attached hydrogen (secondary N) is 1. The van der Waals surface area contributed by atoms with Gasteiger partial charge in [0.2, 0.25) is 5.91 Å². The van der Waals surface area contributed by atoms with Crippen LogP contribution in [0.25, 0.3) is 0 Å². The SMILES string of the molecule is Cc1cc(N)c(NC(=O)CC2CC3CCC2C3)cc1C. The van der Waals surface area contributed by atoms with Crippen LogP contribution < -0.4 is 11.1 Å². The number of nitrogen functional groups attached to an aromatic ring is 1. The van der Waals surface area contributed by atoms with E-state index in [2.05, 4.69) is 5.32 Å². The average Bonchev–Trinajstić information content (AvgIpc) is 2.98. The largest absolute Gasteiger partial charge is 0.397 e. The molecule has 2 fully saturated rings.